The van der Waals surface area contributed by atoms with Gasteiger partial charge >= 0.3 is 0 Å². The van der Waals surface area contributed by atoms with Crippen molar-refractivity contribution in [2.75, 3.05) is 7.05 Å². The first-order chi connectivity index (χ1) is 17.4. The highest BCUT2D eigenvalue weighted by molar-refractivity contribution is 6.22. The number of aromatic nitrogens is 2. The van der Waals surface area contributed by atoms with Crippen LogP contribution in [0.1, 0.15) is 101 Å². The molecule has 2 aromatic rings. The number of imidazole rings is 1. The van der Waals surface area contributed by atoms with Crippen LogP contribution in [-0.2, 0) is 0 Å². The van der Waals surface area contributed by atoms with Crippen molar-refractivity contribution in [1.29, 1.82) is 0 Å². The number of benzene rings is 1. The number of hydrogen-bond donors (Lipinski definition) is 2. The molecule has 2 atom stereocenters. The van der Waals surface area contributed by atoms with E-state index in [2.05, 4.69) is 62.8 Å². The number of aliphatic imine (C=N–C) groups is 1. The van der Waals surface area contributed by atoms with Crippen molar-refractivity contribution in [1.82, 2.24) is 15.3 Å². The van der Waals surface area contributed by atoms with Gasteiger partial charge in [-0.2, -0.15) is 0 Å². The van der Waals surface area contributed by atoms with Gasteiger partial charge in [0.05, 0.1) is 22.6 Å². The highest BCUT2D eigenvalue weighted by atomic mass is 14.9. The van der Waals surface area contributed by atoms with Crippen LogP contribution in [0.15, 0.2) is 47.6 Å². The van der Waals surface area contributed by atoms with Crippen LogP contribution in [0.5, 0.6) is 0 Å². The molecule has 0 saturated heterocycles. The molecule has 1 aromatic heterocycles. The minimum absolute atomic E-state index is 0.138. The molecule has 3 rings (SSSR count). The molecule has 1 aliphatic rings. The molecule has 0 radical (unpaired) electrons. The normalized spacial score (nSPS) is 18.1. The zero-order valence-electron chi connectivity index (χ0n) is 23.4. The largest absolute Gasteiger partial charge is 0.393 e. The van der Waals surface area contributed by atoms with Crippen LogP contribution in [0.2, 0.25) is 0 Å². The van der Waals surface area contributed by atoms with E-state index in [0.29, 0.717) is 0 Å². The third-order valence-corrected chi connectivity index (χ3v) is 7.68. The van der Waals surface area contributed by atoms with E-state index in [-0.39, 0.29) is 6.04 Å². The number of aromatic amines is 1. The maximum absolute atomic E-state index is 5.04. The smallest absolute Gasteiger partial charge is 0.141 e. The number of H-pyrrole nitrogens is 1. The van der Waals surface area contributed by atoms with Crippen LogP contribution in [-0.4, -0.2) is 28.8 Å². The maximum Gasteiger partial charge on any atom is 0.141 e. The van der Waals surface area contributed by atoms with E-state index < -0.39 is 0 Å². The number of nitrogens with zero attached hydrogens (tertiary/aromatic N) is 2. The van der Waals surface area contributed by atoms with E-state index in [1.165, 1.54) is 75.3 Å². The van der Waals surface area contributed by atoms with Crippen LogP contribution in [0.3, 0.4) is 0 Å². The summed E-state index contributed by atoms with van der Waals surface area (Å²) in [4.78, 5) is 13.5. The average molecular weight is 489 g/mol. The van der Waals surface area contributed by atoms with Crippen LogP contribution < -0.4 is 5.32 Å². The number of allylic oxidation sites excluding steroid dienone is 3. The van der Waals surface area contributed by atoms with Gasteiger partial charge < -0.3 is 10.3 Å². The molecule has 0 aliphatic heterocycles. The van der Waals surface area contributed by atoms with Crippen LogP contribution >= 0.6 is 0 Å². The van der Waals surface area contributed by atoms with Gasteiger partial charge in [-0.3, -0.25) is 4.99 Å². The van der Waals surface area contributed by atoms with E-state index >= 15 is 0 Å². The number of unbranched alkanes of at least 4 members (excludes halogenated alkanes) is 3. The quantitative estimate of drug-likeness (QED) is 0.168. The Hall–Kier alpha value is -2.62. The molecule has 0 spiro atoms. The number of fused-ring (bicyclic) bond motifs is 1. The Labute approximate surface area is 219 Å². The van der Waals surface area contributed by atoms with Crippen molar-refractivity contribution in [2.45, 2.75) is 104 Å². The number of rotatable bonds is 13. The Morgan fingerprint density at radius 3 is 2.78 bits per heavy atom. The van der Waals surface area contributed by atoms with Crippen molar-refractivity contribution in [3.05, 3.63) is 59.6 Å². The van der Waals surface area contributed by atoms with Gasteiger partial charge in [0, 0.05) is 19.0 Å². The first kappa shape index (κ1) is 28.0. The van der Waals surface area contributed by atoms with E-state index in [9.17, 15) is 0 Å². The Morgan fingerprint density at radius 2 is 2.03 bits per heavy atom. The van der Waals surface area contributed by atoms with Crippen molar-refractivity contribution in [2.24, 2.45) is 10.9 Å². The molecule has 0 fully saturated rings. The fourth-order valence-corrected chi connectivity index (χ4v) is 5.55. The summed E-state index contributed by atoms with van der Waals surface area (Å²) in [6.07, 6.45) is 20.8. The topological polar surface area (TPSA) is 53.1 Å². The molecule has 2 N–H and O–H groups in total. The van der Waals surface area contributed by atoms with E-state index in [1.807, 2.05) is 19.3 Å². The lowest BCUT2D eigenvalue weighted by atomic mass is 9.92. The van der Waals surface area contributed by atoms with Crippen molar-refractivity contribution < 1.29 is 0 Å². The summed E-state index contributed by atoms with van der Waals surface area (Å²) < 4.78 is 0. The Bertz CT molecular complexity index is 1090. The summed E-state index contributed by atoms with van der Waals surface area (Å²) >= 11 is 0. The summed E-state index contributed by atoms with van der Waals surface area (Å²) in [6, 6.07) is 4.47. The molecule has 36 heavy (non-hydrogen) atoms. The number of nitrogens with one attached hydrogen (secondary N) is 2. The van der Waals surface area contributed by atoms with Crippen LogP contribution in [0.4, 0.5) is 0 Å². The molecule has 2 unspecified atom stereocenters. The first-order valence-electron chi connectivity index (χ1n) is 14.1. The second-order valence-corrected chi connectivity index (χ2v) is 10.6. The molecule has 0 saturated carbocycles. The Balaban J connectivity index is 1.50. The summed E-state index contributed by atoms with van der Waals surface area (Å²) in [5.74, 6) is 1.79. The van der Waals surface area contributed by atoms with Gasteiger partial charge in [-0.1, -0.05) is 62.8 Å². The molecule has 0 amide bonds. The predicted octanol–water partition coefficient (Wildman–Crippen LogP) is 8.62. The minimum Gasteiger partial charge on any atom is -0.393 e. The lowest BCUT2D eigenvalue weighted by Crippen LogP contribution is -2.09. The Kier molecular flexibility index (Phi) is 11.0. The first-order valence-corrected chi connectivity index (χ1v) is 14.1. The van der Waals surface area contributed by atoms with Gasteiger partial charge in [-0.25, -0.2) is 4.98 Å². The second kappa shape index (κ2) is 14.2. The van der Waals surface area contributed by atoms with E-state index in [0.717, 1.165) is 40.5 Å². The van der Waals surface area contributed by atoms with Gasteiger partial charge in [0.2, 0.25) is 0 Å². The SMILES string of the molecule is C=CC(CCCCCCC1CCC=C(CC)CC1)/N=C(C)\C(=C/NC)c1nc2c(C)cc(C)cc2[nH]1. The van der Waals surface area contributed by atoms with Gasteiger partial charge in [0.25, 0.3) is 0 Å². The number of hydrogen-bond acceptors (Lipinski definition) is 3. The lowest BCUT2D eigenvalue weighted by Gasteiger charge is -2.14. The fraction of sp³-hybridized carbons (Fsp3) is 0.562. The fourth-order valence-electron chi connectivity index (χ4n) is 5.55. The summed E-state index contributed by atoms with van der Waals surface area (Å²) in [6.45, 7) is 12.7. The van der Waals surface area contributed by atoms with Crippen LogP contribution in [0, 0.1) is 19.8 Å². The summed E-state index contributed by atoms with van der Waals surface area (Å²) in [7, 11) is 1.92. The third-order valence-electron chi connectivity index (χ3n) is 7.68. The zero-order chi connectivity index (χ0) is 25.9. The van der Waals surface area contributed by atoms with Crippen molar-refractivity contribution >= 4 is 22.3 Å². The molecule has 0 bridgehead atoms. The molecule has 1 aliphatic carbocycles. The van der Waals surface area contributed by atoms with E-state index in [4.69, 9.17) is 9.98 Å². The molecule has 196 valence electrons. The third kappa shape index (κ3) is 7.94. The molecule has 4 nitrogen and oxygen atoms in total. The van der Waals surface area contributed by atoms with Crippen molar-refractivity contribution in [3.8, 4) is 0 Å². The lowest BCUT2D eigenvalue weighted by molar-refractivity contribution is 0.407. The molecular weight excluding hydrogens is 440 g/mol. The van der Waals surface area contributed by atoms with Crippen LogP contribution in [0.25, 0.3) is 16.6 Å². The molecule has 4 heteroatoms. The molecule has 1 aromatic carbocycles. The maximum atomic E-state index is 5.04. The summed E-state index contributed by atoms with van der Waals surface area (Å²) in [5, 5.41) is 3.18. The zero-order valence-corrected chi connectivity index (χ0v) is 23.4. The van der Waals surface area contributed by atoms with Gasteiger partial charge in [0.15, 0.2) is 0 Å². The highest BCUT2D eigenvalue weighted by Gasteiger charge is 2.15. The predicted molar refractivity (Wildman–Crippen MR) is 158 cm³/mol. The minimum atomic E-state index is 0.138. The standard InChI is InChI=1S/C32H48N4/c1-7-26-15-13-16-27(19-18-26)14-11-9-10-12-17-28(8-2)34-25(5)29(22-33-6)32-35-30-21-23(3)20-24(4)31(30)36-32/h8,15,20-22,27-28,33H,2,7,9-14,16-19H2,1,3-6H3,(H,35,36)/b29-22+,34-25-. The molecule has 1 heterocycles. The highest BCUT2D eigenvalue weighted by Crippen LogP contribution is 2.28. The monoisotopic (exact) mass is 488 g/mol. The molecular formula is C32H48N4. The van der Waals surface area contributed by atoms with Gasteiger partial charge in [-0.15, -0.1) is 6.58 Å². The van der Waals surface area contributed by atoms with Gasteiger partial charge in [0.1, 0.15) is 5.82 Å². The van der Waals surface area contributed by atoms with E-state index in [1.54, 1.807) is 5.57 Å². The summed E-state index contributed by atoms with van der Waals surface area (Å²) in [5.41, 5.74) is 8.19. The Morgan fingerprint density at radius 1 is 1.22 bits per heavy atom. The van der Waals surface area contributed by atoms with Gasteiger partial charge in [-0.05, 0) is 82.4 Å². The number of aryl methyl sites for hydroxylation is 2. The van der Waals surface area contributed by atoms with Crippen molar-refractivity contribution in [3.63, 3.8) is 0 Å². The average Bonchev–Trinajstić information content (AvgIpc) is 3.14. The second-order valence-electron chi connectivity index (χ2n) is 10.6.